The third kappa shape index (κ3) is 4.82. The van der Waals surface area contributed by atoms with Gasteiger partial charge >= 0.3 is 5.69 Å². The normalized spacial score (nSPS) is 16.4. The van der Waals surface area contributed by atoms with E-state index in [9.17, 15) is 14.4 Å². The number of hydrogen-bond acceptors (Lipinski definition) is 5. The SMILES string of the molecule is CCCn1c(=O)[nH]c(=O)c2c(C(=O)N3CCNC[C@@H]3C)cc(C(C)C)nc21.Cl.Cl. The van der Waals surface area contributed by atoms with Crippen molar-refractivity contribution in [3.8, 4) is 0 Å². The van der Waals surface area contributed by atoms with E-state index in [4.69, 9.17) is 0 Å². The summed E-state index contributed by atoms with van der Waals surface area (Å²) in [5, 5.41) is 3.46. The number of aryl methyl sites for hydroxylation is 1. The van der Waals surface area contributed by atoms with Crippen LogP contribution in [-0.2, 0) is 6.54 Å². The monoisotopic (exact) mass is 445 g/mol. The zero-order chi connectivity index (χ0) is 19.7. The van der Waals surface area contributed by atoms with Gasteiger partial charge in [-0.1, -0.05) is 20.8 Å². The number of carbonyl (C=O) groups is 1. The molecule has 0 unspecified atom stereocenters. The molecule has 1 amide bonds. The molecule has 0 spiro atoms. The van der Waals surface area contributed by atoms with Crippen LogP contribution in [0.5, 0.6) is 0 Å². The van der Waals surface area contributed by atoms with Gasteiger partial charge in [-0.2, -0.15) is 0 Å². The van der Waals surface area contributed by atoms with Crippen molar-refractivity contribution in [1.82, 2.24) is 24.8 Å². The minimum Gasteiger partial charge on any atom is -0.333 e. The first-order chi connectivity index (χ1) is 12.8. The summed E-state index contributed by atoms with van der Waals surface area (Å²) in [5.74, 6) is -0.128. The maximum absolute atomic E-state index is 13.3. The molecule has 3 heterocycles. The Bertz CT molecular complexity index is 986. The number of carbonyl (C=O) groups excluding carboxylic acids is 1. The summed E-state index contributed by atoms with van der Waals surface area (Å²) < 4.78 is 1.46. The molecule has 0 aliphatic carbocycles. The van der Waals surface area contributed by atoms with Gasteiger partial charge in [0, 0.05) is 37.9 Å². The summed E-state index contributed by atoms with van der Waals surface area (Å²) in [5.41, 5.74) is 0.267. The number of hydrogen-bond donors (Lipinski definition) is 2. The molecular formula is C19H29Cl2N5O3. The summed E-state index contributed by atoms with van der Waals surface area (Å²) in [6.45, 7) is 10.3. The number of halogens is 2. The zero-order valence-electron chi connectivity index (χ0n) is 17.2. The van der Waals surface area contributed by atoms with E-state index in [1.165, 1.54) is 4.57 Å². The molecule has 29 heavy (non-hydrogen) atoms. The van der Waals surface area contributed by atoms with Crippen molar-refractivity contribution in [3.63, 3.8) is 0 Å². The Morgan fingerprint density at radius 2 is 2.00 bits per heavy atom. The molecule has 1 saturated heterocycles. The predicted octanol–water partition coefficient (Wildman–Crippen LogP) is 1.90. The number of amides is 1. The molecule has 2 aromatic heterocycles. The van der Waals surface area contributed by atoms with E-state index in [0.29, 0.717) is 49.5 Å². The minimum atomic E-state index is -0.559. The van der Waals surface area contributed by atoms with Crippen LogP contribution in [0, 0.1) is 0 Å². The Hall–Kier alpha value is -1.90. The van der Waals surface area contributed by atoms with Crippen LogP contribution in [0.25, 0.3) is 11.0 Å². The topological polar surface area (TPSA) is 100 Å². The Kier molecular flexibility index (Phi) is 8.86. The molecule has 8 nitrogen and oxygen atoms in total. The quantitative estimate of drug-likeness (QED) is 0.748. The molecule has 0 bridgehead atoms. The van der Waals surface area contributed by atoms with E-state index in [-0.39, 0.29) is 48.1 Å². The summed E-state index contributed by atoms with van der Waals surface area (Å²) in [4.78, 5) is 47.0. The van der Waals surface area contributed by atoms with Crippen molar-refractivity contribution in [3.05, 3.63) is 38.2 Å². The van der Waals surface area contributed by atoms with Crippen LogP contribution in [0.1, 0.15) is 56.1 Å². The predicted molar refractivity (Wildman–Crippen MR) is 119 cm³/mol. The number of pyridine rings is 1. The molecule has 1 aliphatic rings. The smallest absolute Gasteiger partial charge is 0.329 e. The Labute approximate surface area is 181 Å². The molecule has 10 heteroatoms. The lowest BCUT2D eigenvalue weighted by Crippen LogP contribution is -2.52. The van der Waals surface area contributed by atoms with Crippen LogP contribution in [0.4, 0.5) is 0 Å². The van der Waals surface area contributed by atoms with Gasteiger partial charge in [0.1, 0.15) is 0 Å². The zero-order valence-corrected chi connectivity index (χ0v) is 18.8. The highest BCUT2D eigenvalue weighted by molar-refractivity contribution is 6.05. The molecule has 0 aromatic carbocycles. The van der Waals surface area contributed by atoms with Gasteiger partial charge in [-0.15, -0.1) is 24.8 Å². The van der Waals surface area contributed by atoms with E-state index in [1.807, 2.05) is 27.7 Å². The van der Waals surface area contributed by atoms with E-state index in [2.05, 4.69) is 15.3 Å². The number of aromatic nitrogens is 3. The van der Waals surface area contributed by atoms with Crippen molar-refractivity contribution in [2.24, 2.45) is 0 Å². The minimum absolute atomic E-state index is 0. The van der Waals surface area contributed by atoms with Crippen LogP contribution >= 0.6 is 24.8 Å². The Balaban J connectivity index is 0.00000210. The Morgan fingerprint density at radius 3 is 2.59 bits per heavy atom. The van der Waals surface area contributed by atoms with Crippen LogP contribution < -0.4 is 16.6 Å². The molecular weight excluding hydrogens is 417 g/mol. The lowest BCUT2D eigenvalue weighted by Gasteiger charge is -2.34. The lowest BCUT2D eigenvalue weighted by molar-refractivity contribution is 0.0657. The van der Waals surface area contributed by atoms with Gasteiger partial charge in [0.2, 0.25) is 0 Å². The van der Waals surface area contributed by atoms with Crippen molar-refractivity contribution in [1.29, 1.82) is 0 Å². The third-order valence-electron chi connectivity index (χ3n) is 5.00. The number of fused-ring (bicyclic) bond motifs is 1. The van der Waals surface area contributed by atoms with Crippen LogP contribution in [0.15, 0.2) is 15.7 Å². The second-order valence-electron chi connectivity index (χ2n) is 7.41. The summed E-state index contributed by atoms with van der Waals surface area (Å²) in [6, 6.07) is 1.73. The molecule has 1 atom stereocenters. The van der Waals surface area contributed by atoms with Gasteiger partial charge in [-0.3, -0.25) is 19.1 Å². The molecule has 2 aromatic rings. The van der Waals surface area contributed by atoms with Gasteiger partial charge in [-0.05, 0) is 25.3 Å². The van der Waals surface area contributed by atoms with Crippen LogP contribution in [0.3, 0.4) is 0 Å². The van der Waals surface area contributed by atoms with Crippen LogP contribution in [-0.4, -0.2) is 51.0 Å². The van der Waals surface area contributed by atoms with Gasteiger partial charge in [-0.25, -0.2) is 9.78 Å². The molecule has 1 fully saturated rings. The van der Waals surface area contributed by atoms with E-state index in [1.54, 1.807) is 11.0 Å². The van der Waals surface area contributed by atoms with Gasteiger partial charge in [0.25, 0.3) is 11.5 Å². The summed E-state index contributed by atoms with van der Waals surface area (Å²) >= 11 is 0. The van der Waals surface area contributed by atoms with E-state index < -0.39 is 11.2 Å². The Morgan fingerprint density at radius 1 is 1.31 bits per heavy atom. The molecule has 2 N–H and O–H groups in total. The first kappa shape index (κ1) is 25.1. The maximum Gasteiger partial charge on any atom is 0.329 e. The number of aromatic amines is 1. The van der Waals surface area contributed by atoms with Crippen molar-refractivity contribution < 1.29 is 4.79 Å². The summed E-state index contributed by atoms with van der Waals surface area (Å²) in [7, 11) is 0. The molecule has 162 valence electrons. The highest BCUT2D eigenvalue weighted by atomic mass is 35.5. The fourth-order valence-electron chi connectivity index (χ4n) is 3.49. The number of piperazine rings is 1. The number of nitrogens with one attached hydrogen (secondary N) is 2. The number of H-pyrrole nitrogens is 1. The average Bonchev–Trinajstić information content (AvgIpc) is 2.63. The van der Waals surface area contributed by atoms with E-state index in [0.717, 1.165) is 0 Å². The standard InChI is InChI=1S/C19H27N5O3.2ClH/c1-5-7-24-16-15(17(25)22-19(24)27)13(9-14(21-16)11(2)3)18(26)23-8-6-20-10-12(23)4;;/h9,11-12,20H,5-8,10H2,1-4H3,(H,22,25,27);2*1H/t12-;;/m0../s1. The fraction of sp³-hybridized carbons (Fsp3) is 0.579. The first-order valence-electron chi connectivity index (χ1n) is 9.54. The van der Waals surface area contributed by atoms with Gasteiger partial charge in [0.15, 0.2) is 5.65 Å². The molecule has 1 aliphatic heterocycles. The second kappa shape index (κ2) is 10.2. The largest absolute Gasteiger partial charge is 0.333 e. The number of rotatable bonds is 4. The van der Waals surface area contributed by atoms with Gasteiger partial charge in [0.05, 0.1) is 10.9 Å². The van der Waals surface area contributed by atoms with Crippen molar-refractivity contribution >= 4 is 41.8 Å². The summed E-state index contributed by atoms with van der Waals surface area (Å²) in [6.07, 6.45) is 0.715. The number of nitrogens with zero attached hydrogens (tertiary/aromatic N) is 3. The average molecular weight is 446 g/mol. The molecule has 3 rings (SSSR count). The van der Waals surface area contributed by atoms with E-state index >= 15 is 0 Å². The van der Waals surface area contributed by atoms with Gasteiger partial charge < -0.3 is 10.2 Å². The fourth-order valence-corrected chi connectivity index (χ4v) is 3.49. The lowest BCUT2D eigenvalue weighted by atomic mass is 10.0. The second-order valence-corrected chi connectivity index (χ2v) is 7.41. The van der Waals surface area contributed by atoms with Crippen molar-refractivity contribution in [2.45, 2.75) is 52.6 Å². The highest BCUT2D eigenvalue weighted by Crippen LogP contribution is 2.22. The van der Waals surface area contributed by atoms with Crippen LogP contribution in [0.2, 0.25) is 0 Å². The van der Waals surface area contributed by atoms with Crippen molar-refractivity contribution in [2.75, 3.05) is 19.6 Å². The third-order valence-corrected chi connectivity index (χ3v) is 5.00. The molecule has 0 radical (unpaired) electrons. The first-order valence-corrected chi connectivity index (χ1v) is 9.54. The molecule has 0 saturated carbocycles. The highest BCUT2D eigenvalue weighted by Gasteiger charge is 2.28. The maximum atomic E-state index is 13.3.